The third kappa shape index (κ3) is 2.15. The van der Waals surface area contributed by atoms with Gasteiger partial charge in [0.2, 0.25) is 0 Å². The van der Waals surface area contributed by atoms with Gasteiger partial charge in [-0.05, 0) is 35.1 Å². The van der Waals surface area contributed by atoms with Gasteiger partial charge < -0.3 is 15.1 Å². The van der Waals surface area contributed by atoms with Crippen molar-refractivity contribution in [2.24, 2.45) is 0 Å². The van der Waals surface area contributed by atoms with Crippen LogP contribution in [0.4, 0.5) is 11.4 Å². The minimum atomic E-state index is -0.544. The number of amides is 1. The van der Waals surface area contributed by atoms with E-state index in [-0.39, 0.29) is 0 Å². The summed E-state index contributed by atoms with van der Waals surface area (Å²) in [6.45, 7) is 3.90. The van der Waals surface area contributed by atoms with Crippen LogP contribution < -0.4 is 10.2 Å². The molecule has 100 valence electrons. The molecule has 1 amide bonds. The average Bonchev–Trinajstić information content (AvgIpc) is 2.66. The number of piperazine rings is 1. The van der Waals surface area contributed by atoms with Crippen LogP contribution in [0.3, 0.4) is 0 Å². The van der Waals surface area contributed by atoms with Gasteiger partial charge in [-0.15, -0.1) is 0 Å². The number of fused-ring (bicyclic) bond motifs is 1. The van der Waals surface area contributed by atoms with E-state index in [0.717, 1.165) is 36.3 Å². The maximum Gasteiger partial charge on any atom is 0.296 e. The van der Waals surface area contributed by atoms with Gasteiger partial charge in [0, 0.05) is 30.7 Å². The van der Waals surface area contributed by atoms with E-state index in [2.05, 4.69) is 38.1 Å². The van der Waals surface area contributed by atoms with Gasteiger partial charge in [0.1, 0.15) is 0 Å². The first-order valence-corrected chi connectivity index (χ1v) is 6.98. The van der Waals surface area contributed by atoms with E-state index in [1.807, 2.05) is 6.07 Å². The maximum absolute atomic E-state index is 11.6. The number of anilines is 2. The van der Waals surface area contributed by atoms with Crippen molar-refractivity contribution in [3.8, 4) is 0 Å². The zero-order valence-electron chi connectivity index (χ0n) is 10.6. The Morgan fingerprint density at radius 1 is 1.16 bits per heavy atom. The number of carbonyl (C=O) groups excluding carboxylic acids is 2. The highest BCUT2D eigenvalue weighted by Crippen LogP contribution is 2.35. The Kier molecular flexibility index (Phi) is 3.06. The fourth-order valence-corrected chi connectivity index (χ4v) is 3.04. The van der Waals surface area contributed by atoms with Crippen molar-refractivity contribution >= 4 is 39.0 Å². The molecule has 6 heteroatoms. The van der Waals surface area contributed by atoms with Gasteiger partial charge in [0.15, 0.2) is 0 Å². The second kappa shape index (κ2) is 4.61. The summed E-state index contributed by atoms with van der Waals surface area (Å²) < 4.78 is 0.862. The third-order valence-electron chi connectivity index (χ3n) is 3.63. The third-order valence-corrected chi connectivity index (χ3v) is 4.27. The lowest BCUT2D eigenvalue weighted by molar-refractivity contribution is -0.112. The number of likely N-dealkylation sites (N-methyl/N-ethyl adjacent to an activating group) is 1. The van der Waals surface area contributed by atoms with Crippen LogP contribution >= 0.6 is 15.9 Å². The first-order chi connectivity index (χ1) is 9.06. The maximum atomic E-state index is 11.6. The zero-order valence-corrected chi connectivity index (χ0v) is 12.2. The van der Waals surface area contributed by atoms with Crippen LogP contribution in [-0.2, 0) is 4.79 Å². The normalized spacial score (nSPS) is 19.6. The van der Waals surface area contributed by atoms with Crippen LogP contribution in [0.1, 0.15) is 10.4 Å². The van der Waals surface area contributed by atoms with Gasteiger partial charge in [-0.2, -0.15) is 0 Å². The first-order valence-electron chi connectivity index (χ1n) is 6.19. The molecule has 0 spiro atoms. The number of ketones is 1. The van der Waals surface area contributed by atoms with Crippen molar-refractivity contribution in [2.45, 2.75) is 0 Å². The van der Waals surface area contributed by atoms with Crippen molar-refractivity contribution in [2.75, 3.05) is 43.4 Å². The lowest BCUT2D eigenvalue weighted by Gasteiger charge is -2.34. The molecule has 0 aliphatic carbocycles. The predicted octanol–water partition coefficient (Wildman–Crippen LogP) is 1.34. The molecule has 3 rings (SSSR count). The van der Waals surface area contributed by atoms with E-state index >= 15 is 0 Å². The highest BCUT2D eigenvalue weighted by molar-refractivity contribution is 9.10. The molecule has 2 aliphatic rings. The average molecular weight is 324 g/mol. The summed E-state index contributed by atoms with van der Waals surface area (Å²) in [6, 6.07) is 3.62. The highest BCUT2D eigenvalue weighted by atomic mass is 79.9. The fourth-order valence-electron chi connectivity index (χ4n) is 2.44. The Bertz CT molecular complexity index is 565. The van der Waals surface area contributed by atoms with Crippen molar-refractivity contribution in [3.63, 3.8) is 0 Å². The van der Waals surface area contributed by atoms with Crippen LogP contribution in [0.5, 0.6) is 0 Å². The molecule has 0 saturated carbocycles. The molecule has 1 fully saturated rings. The van der Waals surface area contributed by atoms with Gasteiger partial charge in [-0.1, -0.05) is 0 Å². The molecule has 19 heavy (non-hydrogen) atoms. The summed E-state index contributed by atoms with van der Waals surface area (Å²) >= 11 is 3.50. The number of Topliss-reactive ketones (excluding diaryl/α,β-unsaturated/α-hetero) is 1. The van der Waals surface area contributed by atoms with Crippen molar-refractivity contribution in [1.82, 2.24) is 4.90 Å². The number of hydrogen-bond donors (Lipinski definition) is 1. The molecular weight excluding hydrogens is 310 g/mol. The number of hydrogen-bond acceptors (Lipinski definition) is 4. The molecule has 0 unspecified atom stereocenters. The second-order valence-electron chi connectivity index (χ2n) is 4.92. The van der Waals surface area contributed by atoms with E-state index in [4.69, 9.17) is 0 Å². The lowest BCUT2D eigenvalue weighted by Crippen LogP contribution is -2.44. The van der Waals surface area contributed by atoms with Gasteiger partial charge in [-0.3, -0.25) is 9.59 Å². The van der Waals surface area contributed by atoms with E-state index < -0.39 is 11.7 Å². The predicted molar refractivity (Wildman–Crippen MR) is 76.8 cm³/mol. The van der Waals surface area contributed by atoms with Crippen molar-refractivity contribution < 1.29 is 9.59 Å². The second-order valence-corrected chi connectivity index (χ2v) is 5.78. The molecule has 0 atom stereocenters. The number of nitrogens with one attached hydrogen (secondary N) is 1. The topological polar surface area (TPSA) is 52.7 Å². The molecular formula is C13H14BrN3O2. The van der Waals surface area contributed by atoms with Gasteiger partial charge in [0.05, 0.1) is 16.9 Å². The van der Waals surface area contributed by atoms with E-state index in [1.54, 1.807) is 6.07 Å². The Hall–Kier alpha value is -1.40. The smallest absolute Gasteiger partial charge is 0.296 e. The Morgan fingerprint density at radius 2 is 1.84 bits per heavy atom. The molecule has 0 radical (unpaired) electrons. The summed E-state index contributed by atoms with van der Waals surface area (Å²) in [7, 11) is 2.11. The van der Waals surface area contributed by atoms with Crippen LogP contribution in [0, 0.1) is 0 Å². The number of carbonyl (C=O) groups is 2. The highest BCUT2D eigenvalue weighted by Gasteiger charge is 2.30. The summed E-state index contributed by atoms with van der Waals surface area (Å²) in [4.78, 5) is 27.5. The fraction of sp³-hybridized carbons (Fsp3) is 0.385. The summed E-state index contributed by atoms with van der Waals surface area (Å²) in [5.74, 6) is -1.00. The molecule has 0 aromatic heterocycles. The molecule has 1 saturated heterocycles. The monoisotopic (exact) mass is 323 g/mol. The van der Waals surface area contributed by atoms with Crippen LogP contribution in [0.25, 0.3) is 0 Å². The van der Waals surface area contributed by atoms with Gasteiger partial charge >= 0.3 is 0 Å². The number of nitrogens with zero attached hydrogens (tertiary/aromatic N) is 2. The Balaban J connectivity index is 1.94. The van der Waals surface area contributed by atoms with Gasteiger partial charge in [-0.25, -0.2) is 0 Å². The standard InChI is InChI=1S/C13H14BrN3O2/c1-16-2-4-17(5-3-16)11-7-10-8(6-9(11)14)12(18)13(19)15-10/h6-7H,2-5H2,1H3,(H,15,18,19). The number of halogens is 1. The Labute approximate surface area is 119 Å². The largest absolute Gasteiger partial charge is 0.368 e. The minimum absolute atomic E-state index is 0.453. The quantitative estimate of drug-likeness (QED) is 0.792. The van der Waals surface area contributed by atoms with Crippen LogP contribution in [0.2, 0.25) is 0 Å². The van der Waals surface area contributed by atoms with E-state index in [1.165, 1.54) is 0 Å². The Morgan fingerprint density at radius 3 is 2.53 bits per heavy atom. The van der Waals surface area contributed by atoms with E-state index in [0.29, 0.717) is 11.3 Å². The van der Waals surface area contributed by atoms with Crippen molar-refractivity contribution in [3.05, 3.63) is 22.2 Å². The van der Waals surface area contributed by atoms with E-state index in [9.17, 15) is 9.59 Å². The SMILES string of the molecule is CN1CCN(c2cc3c(cc2Br)C(=O)C(=O)N3)CC1. The lowest BCUT2D eigenvalue weighted by atomic mass is 10.1. The molecule has 0 bridgehead atoms. The molecule has 1 N–H and O–H groups in total. The van der Waals surface area contributed by atoms with Crippen molar-refractivity contribution in [1.29, 1.82) is 0 Å². The zero-order chi connectivity index (χ0) is 13.6. The summed E-state index contributed by atoms with van der Waals surface area (Å²) in [5.41, 5.74) is 2.10. The molecule has 2 heterocycles. The molecule has 1 aromatic carbocycles. The number of benzene rings is 1. The molecule has 1 aromatic rings. The molecule has 2 aliphatic heterocycles. The summed E-state index contributed by atoms with van der Waals surface area (Å²) in [5, 5.41) is 2.62. The molecule has 5 nitrogen and oxygen atoms in total. The first kappa shape index (κ1) is 12.6. The number of rotatable bonds is 1. The minimum Gasteiger partial charge on any atom is -0.368 e. The van der Waals surface area contributed by atoms with Crippen LogP contribution in [0.15, 0.2) is 16.6 Å². The van der Waals surface area contributed by atoms with Crippen LogP contribution in [-0.4, -0.2) is 49.8 Å². The van der Waals surface area contributed by atoms with Gasteiger partial charge in [0.25, 0.3) is 11.7 Å². The summed E-state index contributed by atoms with van der Waals surface area (Å²) in [6.07, 6.45) is 0.